The second kappa shape index (κ2) is 7.09. The SMILES string of the molecule is Cc1cccc(C[C@@H](NC(=O)c2cc(C)cc(C)c2)C(N)=O)c1. The van der Waals surface area contributed by atoms with Crippen LogP contribution in [0.4, 0.5) is 0 Å². The molecule has 3 N–H and O–H groups in total. The summed E-state index contributed by atoms with van der Waals surface area (Å²) >= 11 is 0. The first-order valence-electron chi connectivity index (χ1n) is 7.59. The zero-order chi connectivity index (χ0) is 17.0. The number of carbonyl (C=O) groups is 2. The van der Waals surface area contributed by atoms with Crippen molar-refractivity contribution in [3.63, 3.8) is 0 Å². The van der Waals surface area contributed by atoms with Crippen LogP contribution in [0.3, 0.4) is 0 Å². The maximum atomic E-state index is 12.4. The van der Waals surface area contributed by atoms with Crippen molar-refractivity contribution in [3.8, 4) is 0 Å². The van der Waals surface area contributed by atoms with Gasteiger partial charge in [0.1, 0.15) is 6.04 Å². The van der Waals surface area contributed by atoms with E-state index < -0.39 is 11.9 Å². The summed E-state index contributed by atoms with van der Waals surface area (Å²) in [6.07, 6.45) is 0.382. The van der Waals surface area contributed by atoms with Crippen molar-refractivity contribution in [2.75, 3.05) is 0 Å². The lowest BCUT2D eigenvalue weighted by molar-refractivity contribution is -0.119. The van der Waals surface area contributed by atoms with Gasteiger partial charge in [-0.25, -0.2) is 0 Å². The fraction of sp³-hybridized carbons (Fsp3) is 0.263. The summed E-state index contributed by atoms with van der Waals surface area (Å²) in [7, 11) is 0. The van der Waals surface area contributed by atoms with Crippen LogP contribution in [0.5, 0.6) is 0 Å². The predicted molar refractivity (Wildman–Crippen MR) is 91.2 cm³/mol. The molecule has 0 aromatic heterocycles. The minimum atomic E-state index is -0.731. The van der Waals surface area contributed by atoms with Crippen LogP contribution >= 0.6 is 0 Å². The van der Waals surface area contributed by atoms with Gasteiger partial charge in [0, 0.05) is 12.0 Å². The van der Waals surface area contributed by atoms with E-state index in [4.69, 9.17) is 5.73 Å². The van der Waals surface area contributed by atoms with Crippen molar-refractivity contribution in [2.24, 2.45) is 5.73 Å². The van der Waals surface area contributed by atoms with Gasteiger partial charge >= 0.3 is 0 Å². The first-order chi connectivity index (χ1) is 10.8. The Morgan fingerprint density at radius 1 is 1.00 bits per heavy atom. The predicted octanol–water partition coefficient (Wildman–Crippen LogP) is 2.44. The number of amides is 2. The lowest BCUT2D eigenvalue weighted by Gasteiger charge is -2.16. The van der Waals surface area contributed by atoms with E-state index in [-0.39, 0.29) is 5.91 Å². The zero-order valence-electron chi connectivity index (χ0n) is 13.7. The third kappa shape index (κ3) is 4.68. The molecule has 120 valence electrons. The van der Waals surface area contributed by atoms with Crippen molar-refractivity contribution in [2.45, 2.75) is 33.2 Å². The summed E-state index contributed by atoms with van der Waals surface area (Å²) in [6, 6.07) is 12.7. The molecule has 0 saturated carbocycles. The summed E-state index contributed by atoms with van der Waals surface area (Å²) in [5, 5.41) is 2.74. The molecule has 0 fully saturated rings. The number of primary amides is 1. The summed E-state index contributed by atoms with van der Waals surface area (Å²) in [6.45, 7) is 5.85. The van der Waals surface area contributed by atoms with E-state index in [0.29, 0.717) is 12.0 Å². The summed E-state index contributed by atoms with van der Waals surface area (Å²) < 4.78 is 0. The highest BCUT2D eigenvalue weighted by atomic mass is 16.2. The smallest absolute Gasteiger partial charge is 0.251 e. The van der Waals surface area contributed by atoms with Gasteiger partial charge in [-0.1, -0.05) is 47.0 Å². The minimum Gasteiger partial charge on any atom is -0.368 e. The third-order valence-electron chi connectivity index (χ3n) is 3.65. The van der Waals surface area contributed by atoms with Crippen LogP contribution in [-0.4, -0.2) is 17.9 Å². The van der Waals surface area contributed by atoms with E-state index in [9.17, 15) is 9.59 Å². The molecule has 2 rings (SSSR count). The van der Waals surface area contributed by atoms with Crippen LogP contribution in [-0.2, 0) is 11.2 Å². The average Bonchev–Trinajstić information content (AvgIpc) is 2.45. The maximum absolute atomic E-state index is 12.4. The molecule has 0 heterocycles. The van der Waals surface area contributed by atoms with Crippen molar-refractivity contribution >= 4 is 11.8 Å². The molecule has 2 aromatic rings. The van der Waals surface area contributed by atoms with Crippen molar-refractivity contribution in [1.82, 2.24) is 5.32 Å². The van der Waals surface area contributed by atoms with E-state index in [1.165, 1.54) is 0 Å². The normalized spacial score (nSPS) is 11.8. The number of nitrogens with one attached hydrogen (secondary N) is 1. The number of hydrogen-bond donors (Lipinski definition) is 2. The van der Waals surface area contributed by atoms with E-state index in [2.05, 4.69) is 5.32 Å². The Bertz CT molecular complexity index is 718. The Hall–Kier alpha value is -2.62. The second-order valence-electron chi connectivity index (χ2n) is 6.00. The largest absolute Gasteiger partial charge is 0.368 e. The quantitative estimate of drug-likeness (QED) is 0.890. The molecule has 4 heteroatoms. The lowest BCUT2D eigenvalue weighted by Crippen LogP contribution is -2.45. The van der Waals surface area contributed by atoms with Gasteiger partial charge in [-0.15, -0.1) is 0 Å². The highest BCUT2D eigenvalue weighted by Crippen LogP contribution is 2.11. The van der Waals surface area contributed by atoms with Crippen molar-refractivity contribution in [3.05, 3.63) is 70.3 Å². The number of carbonyl (C=O) groups excluding carboxylic acids is 2. The van der Waals surface area contributed by atoms with Crippen LogP contribution < -0.4 is 11.1 Å². The molecule has 0 radical (unpaired) electrons. The van der Waals surface area contributed by atoms with Crippen molar-refractivity contribution in [1.29, 1.82) is 0 Å². The number of aryl methyl sites for hydroxylation is 3. The summed E-state index contributed by atoms with van der Waals surface area (Å²) in [5.41, 5.74) is 10.1. The van der Waals surface area contributed by atoms with Gasteiger partial charge < -0.3 is 11.1 Å². The monoisotopic (exact) mass is 310 g/mol. The molecule has 0 aliphatic heterocycles. The second-order valence-corrected chi connectivity index (χ2v) is 6.00. The molecule has 0 unspecified atom stereocenters. The van der Waals surface area contributed by atoms with Crippen LogP contribution in [0.2, 0.25) is 0 Å². The zero-order valence-corrected chi connectivity index (χ0v) is 13.7. The van der Waals surface area contributed by atoms with Gasteiger partial charge in [0.2, 0.25) is 5.91 Å². The molecule has 2 amide bonds. The molecule has 0 spiro atoms. The van der Waals surface area contributed by atoms with Gasteiger partial charge in [0.15, 0.2) is 0 Å². The Kier molecular flexibility index (Phi) is 5.16. The number of rotatable bonds is 5. The van der Waals surface area contributed by atoms with Crippen molar-refractivity contribution < 1.29 is 9.59 Å². The Morgan fingerprint density at radius 2 is 1.65 bits per heavy atom. The van der Waals surface area contributed by atoms with Gasteiger partial charge in [0.25, 0.3) is 5.91 Å². The van der Waals surface area contributed by atoms with E-state index in [1.54, 1.807) is 12.1 Å². The minimum absolute atomic E-state index is 0.284. The van der Waals surface area contributed by atoms with E-state index in [1.807, 2.05) is 51.1 Å². The molecule has 2 aromatic carbocycles. The average molecular weight is 310 g/mol. The lowest BCUT2D eigenvalue weighted by atomic mass is 10.0. The van der Waals surface area contributed by atoms with Crippen LogP contribution in [0.1, 0.15) is 32.6 Å². The Balaban J connectivity index is 2.15. The topological polar surface area (TPSA) is 72.2 Å². The molecule has 0 aliphatic rings. The van der Waals surface area contributed by atoms with Crippen LogP contribution in [0.25, 0.3) is 0 Å². The fourth-order valence-corrected chi connectivity index (χ4v) is 2.64. The van der Waals surface area contributed by atoms with Gasteiger partial charge in [-0.3, -0.25) is 9.59 Å². The van der Waals surface area contributed by atoms with E-state index >= 15 is 0 Å². The molecule has 23 heavy (non-hydrogen) atoms. The molecule has 0 aliphatic carbocycles. The van der Waals surface area contributed by atoms with E-state index in [0.717, 1.165) is 22.3 Å². The Labute approximate surface area is 136 Å². The number of benzene rings is 2. The summed E-state index contributed by atoms with van der Waals surface area (Å²) in [5.74, 6) is -0.822. The number of nitrogens with two attached hydrogens (primary N) is 1. The van der Waals surface area contributed by atoms with Gasteiger partial charge in [-0.05, 0) is 38.5 Å². The molecule has 0 saturated heterocycles. The summed E-state index contributed by atoms with van der Waals surface area (Å²) in [4.78, 5) is 24.1. The van der Waals surface area contributed by atoms with Crippen LogP contribution in [0.15, 0.2) is 42.5 Å². The molecule has 0 bridgehead atoms. The first-order valence-corrected chi connectivity index (χ1v) is 7.59. The Morgan fingerprint density at radius 3 is 2.22 bits per heavy atom. The molecular weight excluding hydrogens is 288 g/mol. The first kappa shape index (κ1) is 16.7. The van der Waals surface area contributed by atoms with Crippen LogP contribution in [0, 0.1) is 20.8 Å². The third-order valence-corrected chi connectivity index (χ3v) is 3.65. The standard InChI is InChI=1S/C19H22N2O2/c1-12-5-4-6-15(8-12)11-17(18(20)22)21-19(23)16-9-13(2)7-14(3)10-16/h4-10,17H,11H2,1-3H3,(H2,20,22)(H,21,23)/t17-/m1/s1. The van der Waals surface area contributed by atoms with Gasteiger partial charge in [-0.2, -0.15) is 0 Å². The molecule has 1 atom stereocenters. The number of hydrogen-bond acceptors (Lipinski definition) is 2. The van der Waals surface area contributed by atoms with Gasteiger partial charge in [0.05, 0.1) is 0 Å². The highest BCUT2D eigenvalue weighted by molar-refractivity contribution is 5.97. The highest BCUT2D eigenvalue weighted by Gasteiger charge is 2.19. The molecule has 4 nitrogen and oxygen atoms in total. The fourth-order valence-electron chi connectivity index (χ4n) is 2.64. The maximum Gasteiger partial charge on any atom is 0.251 e. The molecular formula is C19H22N2O2.